The molecule has 2 rings (SSSR count). The maximum atomic E-state index is 9.44. The second-order valence-corrected chi connectivity index (χ2v) is 4.29. The van der Waals surface area contributed by atoms with Crippen molar-refractivity contribution < 1.29 is 5.11 Å². The van der Waals surface area contributed by atoms with Crippen molar-refractivity contribution >= 4 is 0 Å². The molecule has 0 radical (unpaired) electrons. The van der Waals surface area contributed by atoms with E-state index < -0.39 is 0 Å². The number of aromatic nitrogens is 2. The summed E-state index contributed by atoms with van der Waals surface area (Å²) in [5.41, 5.74) is 2.02. The lowest BCUT2D eigenvalue weighted by Gasteiger charge is -2.14. The van der Waals surface area contributed by atoms with Crippen LogP contribution in [0.2, 0.25) is 0 Å². The van der Waals surface area contributed by atoms with Gasteiger partial charge in [-0.25, -0.2) is 9.97 Å². The fourth-order valence-electron chi connectivity index (χ4n) is 1.77. The molecular weight excluding hydrogens is 226 g/mol. The summed E-state index contributed by atoms with van der Waals surface area (Å²) in [4.78, 5) is 8.40. The number of phenolic OH excluding ortho intramolecular Hbond substituents is 1. The van der Waals surface area contributed by atoms with Crippen molar-refractivity contribution in [2.45, 2.75) is 26.4 Å². The summed E-state index contributed by atoms with van der Waals surface area (Å²) in [7, 11) is 0. The molecule has 4 nitrogen and oxygen atoms in total. The van der Waals surface area contributed by atoms with Crippen LogP contribution in [0, 0.1) is 6.92 Å². The van der Waals surface area contributed by atoms with Gasteiger partial charge >= 0.3 is 0 Å². The van der Waals surface area contributed by atoms with Gasteiger partial charge < -0.3 is 10.4 Å². The quantitative estimate of drug-likeness (QED) is 0.865. The zero-order valence-electron chi connectivity index (χ0n) is 10.6. The standard InChI is InChI=1S/C14H17N3O/c1-10(12-4-3-5-14(18)8-12)16-9-13-6-7-15-11(2)17-13/h3-8,10,16,18H,9H2,1-2H3. The van der Waals surface area contributed by atoms with E-state index in [2.05, 4.69) is 22.2 Å². The average Bonchev–Trinajstić information content (AvgIpc) is 2.36. The minimum atomic E-state index is 0.160. The van der Waals surface area contributed by atoms with E-state index in [0.29, 0.717) is 12.3 Å². The second kappa shape index (κ2) is 5.60. The molecule has 0 amide bonds. The molecule has 1 heterocycles. The Hall–Kier alpha value is -1.94. The first kappa shape index (κ1) is 12.5. The molecule has 0 fully saturated rings. The number of phenols is 1. The molecule has 1 aromatic heterocycles. The zero-order valence-corrected chi connectivity index (χ0v) is 10.6. The van der Waals surface area contributed by atoms with Crippen LogP contribution in [0.3, 0.4) is 0 Å². The van der Waals surface area contributed by atoms with Gasteiger partial charge in [-0.1, -0.05) is 12.1 Å². The summed E-state index contributed by atoms with van der Waals surface area (Å²) in [5.74, 6) is 1.07. The van der Waals surface area contributed by atoms with E-state index in [9.17, 15) is 5.11 Å². The number of nitrogens with zero attached hydrogens (tertiary/aromatic N) is 2. The number of hydrogen-bond acceptors (Lipinski definition) is 4. The molecule has 0 saturated heterocycles. The van der Waals surface area contributed by atoms with Crippen LogP contribution >= 0.6 is 0 Å². The first-order valence-corrected chi connectivity index (χ1v) is 5.96. The number of hydrogen-bond donors (Lipinski definition) is 2. The maximum absolute atomic E-state index is 9.44. The Bertz CT molecular complexity index is 528. The number of benzene rings is 1. The van der Waals surface area contributed by atoms with Gasteiger partial charge in [0.25, 0.3) is 0 Å². The first-order valence-electron chi connectivity index (χ1n) is 5.96. The fraction of sp³-hybridized carbons (Fsp3) is 0.286. The van der Waals surface area contributed by atoms with Crippen LogP contribution in [-0.2, 0) is 6.54 Å². The van der Waals surface area contributed by atoms with Gasteiger partial charge in [0.15, 0.2) is 0 Å². The van der Waals surface area contributed by atoms with E-state index in [0.717, 1.165) is 17.1 Å². The molecule has 4 heteroatoms. The second-order valence-electron chi connectivity index (χ2n) is 4.29. The van der Waals surface area contributed by atoms with Gasteiger partial charge in [0.2, 0.25) is 0 Å². The summed E-state index contributed by atoms with van der Waals surface area (Å²) >= 11 is 0. The molecule has 2 aromatic rings. The molecular formula is C14H17N3O. The van der Waals surface area contributed by atoms with Gasteiger partial charge in [-0.05, 0) is 37.6 Å². The van der Waals surface area contributed by atoms with Crippen molar-refractivity contribution in [3.63, 3.8) is 0 Å². The van der Waals surface area contributed by atoms with Crippen molar-refractivity contribution in [1.82, 2.24) is 15.3 Å². The summed E-state index contributed by atoms with van der Waals surface area (Å²) < 4.78 is 0. The maximum Gasteiger partial charge on any atom is 0.125 e. The van der Waals surface area contributed by atoms with Gasteiger partial charge in [-0.3, -0.25) is 0 Å². The van der Waals surface area contributed by atoms with Crippen molar-refractivity contribution in [2.24, 2.45) is 0 Å². The Balaban J connectivity index is 1.98. The van der Waals surface area contributed by atoms with Gasteiger partial charge in [-0.15, -0.1) is 0 Å². The molecule has 1 atom stereocenters. The smallest absolute Gasteiger partial charge is 0.125 e. The van der Waals surface area contributed by atoms with Gasteiger partial charge in [0.1, 0.15) is 11.6 Å². The van der Waals surface area contributed by atoms with Crippen molar-refractivity contribution in [1.29, 1.82) is 0 Å². The number of rotatable bonds is 4. The Morgan fingerprint density at radius 2 is 2.17 bits per heavy atom. The van der Waals surface area contributed by atoms with E-state index in [4.69, 9.17) is 0 Å². The molecule has 0 aliphatic rings. The Kier molecular flexibility index (Phi) is 3.89. The van der Waals surface area contributed by atoms with Gasteiger partial charge in [0.05, 0.1) is 5.69 Å². The number of aryl methyl sites for hydroxylation is 1. The third-order valence-electron chi connectivity index (χ3n) is 2.79. The highest BCUT2D eigenvalue weighted by atomic mass is 16.3. The molecule has 0 aliphatic carbocycles. The molecule has 0 aliphatic heterocycles. The summed E-state index contributed by atoms with van der Waals surface area (Å²) in [6.07, 6.45) is 1.76. The Morgan fingerprint density at radius 3 is 2.89 bits per heavy atom. The third-order valence-corrected chi connectivity index (χ3v) is 2.79. The van der Waals surface area contributed by atoms with Crippen LogP contribution in [0.1, 0.15) is 30.0 Å². The van der Waals surface area contributed by atoms with E-state index in [1.165, 1.54) is 0 Å². The highest BCUT2D eigenvalue weighted by Gasteiger charge is 2.06. The van der Waals surface area contributed by atoms with E-state index in [1.807, 2.05) is 25.1 Å². The van der Waals surface area contributed by atoms with Crippen molar-refractivity contribution in [3.8, 4) is 5.75 Å². The first-order chi connectivity index (χ1) is 8.65. The van der Waals surface area contributed by atoms with Crippen molar-refractivity contribution in [2.75, 3.05) is 0 Å². The molecule has 18 heavy (non-hydrogen) atoms. The molecule has 2 N–H and O–H groups in total. The van der Waals surface area contributed by atoms with Gasteiger partial charge in [0, 0.05) is 18.8 Å². The third kappa shape index (κ3) is 3.28. The van der Waals surface area contributed by atoms with E-state index in [1.54, 1.807) is 18.3 Å². The minimum Gasteiger partial charge on any atom is -0.508 e. The lowest BCUT2D eigenvalue weighted by Crippen LogP contribution is -2.19. The molecule has 94 valence electrons. The molecule has 0 saturated carbocycles. The molecule has 1 unspecified atom stereocenters. The van der Waals surface area contributed by atoms with E-state index in [-0.39, 0.29) is 6.04 Å². The van der Waals surface area contributed by atoms with Crippen LogP contribution < -0.4 is 5.32 Å². The van der Waals surface area contributed by atoms with Crippen molar-refractivity contribution in [3.05, 3.63) is 53.6 Å². The zero-order chi connectivity index (χ0) is 13.0. The average molecular weight is 243 g/mol. The predicted octanol–water partition coefficient (Wildman–Crippen LogP) is 2.34. The minimum absolute atomic E-state index is 0.160. The largest absolute Gasteiger partial charge is 0.508 e. The van der Waals surface area contributed by atoms with Crippen LogP contribution in [-0.4, -0.2) is 15.1 Å². The van der Waals surface area contributed by atoms with E-state index >= 15 is 0 Å². The lowest BCUT2D eigenvalue weighted by atomic mass is 10.1. The summed E-state index contributed by atoms with van der Waals surface area (Å²) in [6, 6.07) is 9.33. The van der Waals surface area contributed by atoms with Crippen LogP contribution in [0.25, 0.3) is 0 Å². The Morgan fingerprint density at radius 1 is 1.33 bits per heavy atom. The van der Waals surface area contributed by atoms with Crippen LogP contribution in [0.4, 0.5) is 0 Å². The van der Waals surface area contributed by atoms with Crippen LogP contribution in [0.5, 0.6) is 5.75 Å². The fourth-order valence-corrected chi connectivity index (χ4v) is 1.77. The number of nitrogens with one attached hydrogen (secondary N) is 1. The summed E-state index contributed by atoms with van der Waals surface area (Å²) in [5, 5.41) is 12.8. The topological polar surface area (TPSA) is 58.0 Å². The normalized spacial score (nSPS) is 12.3. The SMILES string of the molecule is Cc1nccc(CNC(C)c2cccc(O)c2)n1. The molecule has 0 spiro atoms. The molecule has 0 bridgehead atoms. The monoisotopic (exact) mass is 243 g/mol. The highest BCUT2D eigenvalue weighted by Crippen LogP contribution is 2.17. The molecule has 1 aromatic carbocycles. The summed E-state index contributed by atoms with van der Waals surface area (Å²) in [6.45, 7) is 4.62. The Labute approximate surface area is 107 Å². The van der Waals surface area contributed by atoms with Crippen LogP contribution in [0.15, 0.2) is 36.5 Å². The predicted molar refractivity (Wildman–Crippen MR) is 70.1 cm³/mol. The highest BCUT2D eigenvalue weighted by molar-refractivity contribution is 5.29. The lowest BCUT2D eigenvalue weighted by molar-refractivity contribution is 0.472. The van der Waals surface area contributed by atoms with Gasteiger partial charge in [-0.2, -0.15) is 0 Å². The number of aromatic hydroxyl groups is 1.